The maximum absolute atomic E-state index is 12.7. The van der Waals surface area contributed by atoms with Crippen LogP contribution in [0.5, 0.6) is 0 Å². The maximum atomic E-state index is 12.7. The minimum absolute atomic E-state index is 0.144. The van der Waals surface area contributed by atoms with Gasteiger partial charge < -0.3 is 15.1 Å². The number of halogens is 3. The van der Waals surface area contributed by atoms with E-state index in [0.717, 1.165) is 12.3 Å². The Bertz CT molecular complexity index is 1100. The average Bonchev–Trinajstić information content (AvgIpc) is 3.36. The number of hydrogen-bond acceptors (Lipinski definition) is 7. The molecule has 0 unspecified atom stereocenters. The number of aryl methyl sites for hydroxylation is 1. The summed E-state index contributed by atoms with van der Waals surface area (Å²) in [4.78, 5) is 16.0. The third-order valence-corrected chi connectivity index (χ3v) is 5.19. The standard InChI is InChI=1S/C18H18F3N7O2/c1-9-12(14-25-26-16(30-14)17(2)6-7-22-15(17)29)13(27-28(9)3)24-11-5-4-10(8-23-11)18(19,20)21/h4-5,8H,6-7H2,1-3H3,(H,22,29)(H,23,24,27)/t17-/m1/s1. The number of nitrogens with one attached hydrogen (secondary N) is 2. The van der Waals surface area contributed by atoms with E-state index < -0.39 is 17.2 Å². The van der Waals surface area contributed by atoms with Gasteiger partial charge in [-0.3, -0.25) is 9.48 Å². The van der Waals surface area contributed by atoms with E-state index in [4.69, 9.17) is 4.42 Å². The minimum Gasteiger partial charge on any atom is -0.419 e. The van der Waals surface area contributed by atoms with E-state index in [-0.39, 0.29) is 23.5 Å². The van der Waals surface area contributed by atoms with Crippen molar-refractivity contribution < 1.29 is 22.4 Å². The first-order chi connectivity index (χ1) is 14.1. The normalized spacial score (nSPS) is 19.2. The summed E-state index contributed by atoms with van der Waals surface area (Å²) >= 11 is 0. The SMILES string of the molecule is Cc1c(-c2nnc([C@]3(C)CCNC3=O)o2)c(Nc2ccc(C(F)(F)F)cn2)nn1C. The predicted octanol–water partition coefficient (Wildman–Crippen LogP) is 2.71. The van der Waals surface area contributed by atoms with Crippen LogP contribution in [0.15, 0.2) is 22.7 Å². The van der Waals surface area contributed by atoms with Gasteiger partial charge in [-0.1, -0.05) is 0 Å². The number of amides is 1. The monoisotopic (exact) mass is 421 g/mol. The molecule has 2 N–H and O–H groups in total. The van der Waals surface area contributed by atoms with Gasteiger partial charge in [0.1, 0.15) is 16.8 Å². The van der Waals surface area contributed by atoms with E-state index in [0.29, 0.717) is 30.0 Å². The molecule has 4 heterocycles. The van der Waals surface area contributed by atoms with Crippen molar-refractivity contribution >= 4 is 17.5 Å². The second-order valence-electron chi connectivity index (χ2n) is 7.24. The van der Waals surface area contributed by atoms with Crippen LogP contribution < -0.4 is 10.6 Å². The summed E-state index contributed by atoms with van der Waals surface area (Å²) in [6.45, 7) is 4.03. The lowest BCUT2D eigenvalue weighted by Gasteiger charge is -2.14. The predicted molar refractivity (Wildman–Crippen MR) is 98.7 cm³/mol. The first kappa shape index (κ1) is 19.9. The second kappa shape index (κ2) is 6.82. The van der Waals surface area contributed by atoms with E-state index in [2.05, 4.69) is 30.9 Å². The molecule has 1 aliphatic heterocycles. The molecule has 1 fully saturated rings. The van der Waals surface area contributed by atoms with Crippen molar-refractivity contribution in [2.45, 2.75) is 31.9 Å². The van der Waals surface area contributed by atoms with E-state index in [9.17, 15) is 18.0 Å². The smallest absolute Gasteiger partial charge is 0.417 e. The first-order valence-corrected chi connectivity index (χ1v) is 9.06. The number of carbonyl (C=O) groups is 1. The fourth-order valence-electron chi connectivity index (χ4n) is 3.19. The number of rotatable bonds is 4. The summed E-state index contributed by atoms with van der Waals surface area (Å²) < 4.78 is 45.6. The fourth-order valence-corrected chi connectivity index (χ4v) is 3.19. The zero-order chi connectivity index (χ0) is 21.7. The van der Waals surface area contributed by atoms with Crippen LogP contribution in [0.4, 0.5) is 24.8 Å². The van der Waals surface area contributed by atoms with Crippen LogP contribution >= 0.6 is 0 Å². The minimum atomic E-state index is -4.47. The molecule has 1 atom stereocenters. The van der Waals surface area contributed by atoms with Crippen LogP contribution in [0.2, 0.25) is 0 Å². The highest BCUT2D eigenvalue weighted by molar-refractivity contribution is 5.88. The summed E-state index contributed by atoms with van der Waals surface area (Å²) in [5, 5.41) is 18.1. The number of nitrogens with zero attached hydrogens (tertiary/aromatic N) is 5. The van der Waals surface area contributed by atoms with E-state index in [1.54, 1.807) is 25.6 Å². The van der Waals surface area contributed by atoms with E-state index in [1.807, 2.05) is 0 Å². The Morgan fingerprint density at radius 1 is 1.30 bits per heavy atom. The Balaban J connectivity index is 1.67. The molecular weight excluding hydrogens is 403 g/mol. The van der Waals surface area contributed by atoms with Gasteiger partial charge in [-0.05, 0) is 32.4 Å². The molecule has 0 aromatic carbocycles. The molecule has 158 valence electrons. The lowest BCUT2D eigenvalue weighted by atomic mass is 9.89. The molecule has 30 heavy (non-hydrogen) atoms. The fraction of sp³-hybridized carbons (Fsp3) is 0.389. The highest BCUT2D eigenvalue weighted by Crippen LogP contribution is 2.36. The lowest BCUT2D eigenvalue weighted by Crippen LogP contribution is -2.32. The second-order valence-corrected chi connectivity index (χ2v) is 7.24. The molecule has 0 saturated carbocycles. The largest absolute Gasteiger partial charge is 0.419 e. The Morgan fingerprint density at radius 2 is 2.07 bits per heavy atom. The van der Waals surface area contributed by atoms with Gasteiger partial charge in [0.15, 0.2) is 5.82 Å². The van der Waals surface area contributed by atoms with Crippen molar-refractivity contribution in [1.82, 2.24) is 30.3 Å². The van der Waals surface area contributed by atoms with Gasteiger partial charge in [-0.2, -0.15) is 18.3 Å². The maximum Gasteiger partial charge on any atom is 0.417 e. The molecule has 4 rings (SSSR count). The quantitative estimate of drug-likeness (QED) is 0.666. The van der Waals surface area contributed by atoms with Crippen LogP contribution in [-0.2, 0) is 23.4 Å². The number of alkyl halides is 3. The third kappa shape index (κ3) is 3.27. The Labute approximate surface area is 168 Å². The lowest BCUT2D eigenvalue weighted by molar-refractivity contribution is -0.137. The molecule has 0 radical (unpaired) electrons. The molecule has 1 aliphatic rings. The van der Waals surface area contributed by atoms with Gasteiger partial charge in [0.2, 0.25) is 11.8 Å². The van der Waals surface area contributed by atoms with Crippen LogP contribution in [0.3, 0.4) is 0 Å². The number of aromatic nitrogens is 5. The van der Waals surface area contributed by atoms with Gasteiger partial charge in [-0.25, -0.2) is 4.98 Å². The van der Waals surface area contributed by atoms with Crippen molar-refractivity contribution in [3.8, 4) is 11.5 Å². The Kier molecular flexibility index (Phi) is 4.51. The van der Waals surface area contributed by atoms with Crippen molar-refractivity contribution in [2.75, 3.05) is 11.9 Å². The molecule has 0 bridgehead atoms. The molecular formula is C18H18F3N7O2. The summed E-state index contributed by atoms with van der Waals surface area (Å²) in [5.74, 6) is 0.607. The zero-order valence-corrected chi connectivity index (χ0v) is 16.3. The van der Waals surface area contributed by atoms with Gasteiger partial charge in [0.25, 0.3) is 5.89 Å². The van der Waals surface area contributed by atoms with Gasteiger partial charge in [-0.15, -0.1) is 10.2 Å². The number of pyridine rings is 1. The molecule has 0 aliphatic carbocycles. The topological polar surface area (TPSA) is 111 Å². The van der Waals surface area contributed by atoms with Crippen LogP contribution in [0.25, 0.3) is 11.5 Å². The van der Waals surface area contributed by atoms with Gasteiger partial charge in [0.05, 0.1) is 5.56 Å². The van der Waals surface area contributed by atoms with E-state index >= 15 is 0 Å². The third-order valence-electron chi connectivity index (χ3n) is 5.19. The van der Waals surface area contributed by atoms with E-state index in [1.165, 1.54) is 6.07 Å². The van der Waals surface area contributed by atoms with Crippen LogP contribution in [-0.4, -0.2) is 37.4 Å². The molecule has 1 saturated heterocycles. The van der Waals surface area contributed by atoms with Crippen molar-refractivity contribution in [1.29, 1.82) is 0 Å². The molecule has 0 spiro atoms. The molecule has 12 heteroatoms. The summed E-state index contributed by atoms with van der Waals surface area (Å²) in [6, 6.07) is 2.13. The van der Waals surface area contributed by atoms with Crippen molar-refractivity contribution in [2.24, 2.45) is 7.05 Å². The summed E-state index contributed by atoms with van der Waals surface area (Å²) in [6.07, 6.45) is -3.21. The first-order valence-electron chi connectivity index (χ1n) is 9.06. The summed E-state index contributed by atoms with van der Waals surface area (Å²) in [7, 11) is 1.70. The zero-order valence-electron chi connectivity index (χ0n) is 16.3. The Morgan fingerprint density at radius 3 is 2.67 bits per heavy atom. The number of carbonyl (C=O) groups excluding carboxylic acids is 1. The van der Waals surface area contributed by atoms with Crippen molar-refractivity contribution in [3.63, 3.8) is 0 Å². The van der Waals surface area contributed by atoms with Gasteiger partial charge >= 0.3 is 6.18 Å². The van der Waals surface area contributed by atoms with Crippen LogP contribution in [0.1, 0.15) is 30.5 Å². The highest BCUT2D eigenvalue weighted by Gasteiger charge is 2.44. The molecule has 1 amide bonds. The average molecular weight is 421 g/mol. The molecule has 9 nitrogen and oxygen atoms in total. The van der Waals surface area contributed by atoms with Gasteiger partial charge in [0, 0.05) is 25.5 Å². The molecule has 3 aromatic rings. The molecule has 3 aromatic heterocycles. The van der Waals surface area contributed by atoms with Crippen molar-refractivity contribution in [3.05, 3.63) is 35.5 Å². The number of hydrogen-bond donors (Lipinski definition) is 2. The van der Waals surface area contributed by atoms with Crippen LogP contribution in [0, 0.1) is 6.92 Å². The highest BCUT2D eigenvalue weighted by atomic mass is 19.4. The number of anilines is 2. The Hall–Kier alpha value is -3.44. The summed E-state index contributed by atoms with van der Waals surface area (Å²) in [5.41, 5.74) is -0.611.